The van der Waals surface area contributed by atoms with E-state index in [0.29, 0.717) is 19.0 Å². The number of nitrogens with zero attached hydrogens (tertiary/aromatic N) is 4. The monoisotopic (exact) mass is 521 g/mol. The van der Waals surface area contributed by atoms with Gasteiger partial charge in [-0.2, -0.15) is 0 Å². The molecule has 1 aromatic rings. The molecule has 0 bridgehead atoms. The van der Waals surface area contributed by atoms with E-state index >= 15 is 0 Å². The van der Waals surface area contributed by atoms with E-state index in [-0.39, 0.29) is 24.0 Å². The minimum atomic E-state index is -0.526. The fourth-order valence-corrected chi connectivity index (χ4v) is 2.99. The van der Waals surface area contributed by atoms with Crippen molar-refractivity contribution in [3.05, 3.63) is 11.6 Å². The zero-order chi connectivity index (χ0) is 20.8. The molecule has 9 nitrogen and oxygen atoms in total. The summed E-state index contributed by atoms with van der Waals surface area (Å²) in [6.07, 6.45) is 4.13. The molecule has 1 aliphatic heterocycles. The molecule has 0 unspecified atom stereocenters. The van der Waals surface area contributed by atoms with Crippen LogP contribution in [0.15, 0.2) is 4.99 Å². The summed E-state index contributed by atoms with van der Waals surface area (Å²) in [5.41, 5.74) is -1.03. The lowest BCUT2D eigenvalue weighted by Gasteiger charge is -2.29. The minimum absolute atomic E-state index is 0. The smallest absolute Gasteiger partial charge is 0.408 e. The summed E-state index contributed by atoms with van der Waals surface area (Å²) in [6.45, 7) is 11.4. The number of fused-ring (bicyclic) bond motifs is 1. The van der Waals surface area contributed by atoms with Crippen LogP contribution in [0.1, 0.15) is 65.5 Å². The Kier molecular flexibility index (Phi) is 9.63. The number of guanidine groups is 1. The number of ether oxygens (including phenoxy) is 1. The van der Waals surface area contributed by atoms with Gasteiger partial charge in [0.25, 0.3) is 0 Å². The Hall–Kier alpha value is -1.59. The molecule has 0 saturated heterocycles. The zero-order valence-corrected chi connectivity index (χ0v) is 20.8. The van der Waals surface area contributed by atoms with Gasteiger partial charge in [0.15, 0.2) is 11.8 Å². The van der Waals surface area contributed by atoms with Crippen molar-refractivity contribution >= 4 is 36.0 Å². The lowest BCUT2D eigenvalue weighted by molar-refractivity contribution is 0.0474. The molecule has 0 aliphatic carbocycles. The van der Waals surface area contributed by atoms with Gasteiger partial charge in [-0.1, -0.05) is 6.42 Å². The fraction of sp³-hybridized carbons (Fsp3) is 0.789. The molecule has 1 amide bonds. The molecule has 0 radical (unpaired) electrons. The molecule has 2 heterocycles. The van der Waals surface area contributed by atoms with Crippen LogP contribution >= 0.6 is 24.0 Å². The minimum Gasteiger partial charge on any atom is -0.444 e. The van der Waals surface area contributed by atoms with E-state index in [9.17, 15) is 4.79 Å². The van der Waals surface area contributed by atoms with Gasteiger partial charge in [0.05, 0.1) is 12.1 Å². The zero-order valence-electron chi connectivity index (χ0n) is 18.5. The van der Waals surface area contributed by atoms with E-state index < -0.39 is 17.2 Å². The second-order valence-corrected chi connectivity index (χ2v) is 8.78. The SMILES string of the molecule is CN=C(NCc1nnc2n1CCCCC2)NCC(C)(C)NC(=O)OC(C)(C)C.I. The second kappa shape index (κ2) is 11.0. The molecule has 1 aromatic heterocycles. The standard InChI is InChI=1S/C19H35N7O2.HI/c1-18(2,3)28-17(27)23-19(4,5)13-22-16(20-6)21-12-15-25-24-14-10-8-7-9-11-26(14)15;/h7-13H2,1-6H3,(H,23,27)(H2,20,21,22);1H. The second-order valence-electron chi connectivity index (χ2n) is 8.78. The van der Waals surface area contributed by atoms with Crippen LogP contribution in [0.3, 0.4) is 0 Å². The Bertz CT molecular complexity index is 695. The first-order valence-electron chi connectivity index (χ1n) is 9.96. The number of aryl methyl sites for hydroxylation is 1. The Morgan fingerprint density at radius 2 is 1.86 bits per heavy atom. The van der Waals surface area contributed by atoms with E-state index in [1.165, 1.54) is 12.8 Å². The van der Waals surface area contributed by atoms with Gasteiger partial charge >= 0.3 is 6.09 Å². The molecule has 0 saturated carbocycles. The maximum absolute atomic E-state index is 12.0. The van der Waals surface area contributed by atoms with Crippen LogP contribution < -0.4 is 16.0 Å². The first-order chi connectivity index (χ1) is 13.1. The molecule has 3 N–H and O–H groups in total. The quantitative estimate of drug-likeness (QED) is 0.313. The Balaban J connectivity index is 0.00000420. The number of nitrogens with one attached hydrogen (secondary N) is 3. The number of hydrogen-bond acceptors (Lipinski definition) is 5. The van der Waals surface area contributed by atoms with Crippen molar-refractivity contribution in [1.29, 1.82) is 0 Å². The topological polar surface area (TPSA) is 105 Å². The van der Waals surface area contributed by atoms with E-state index in [2.05, 4.69) is 35.7 Å². The molecular weight excluding hydrogens is 485 g/mol. The summed E-state index contributed by atoms with van der Waals surface area (Å²) in [5, 5.41) is 18.0. The number of alkyl carbamates (subject to hydrolysis) is 1. The number of amides is 1. The van der Waals surface area contributed by atoms with Crippen molar-refractivity contribution in [1.82, 2.24) is 30.7 Å². The Morgan fingerprint density at radius 1 is 1.14 bits per heavy atom. The van der Waals surface area contributed by atoms with Crippen LogP contribution in [-0.2, 0) is 24.2 Å². The largest absolute Gasteiger partial charge is 0.444 e. The van der Waals surface area contributed by atoms with Gasteiger partial charge in [-0.05, 0) is 47.5 Å². The summed E-state index contributed by atoms with van der Waals surface area (Å²) in [5.74, 6) is 2.64. The lowest BCUT2D eigenvalue weighted by atomic mass is 10.1. The molecule has 0 spiro atoms. The summed E-state index contributed by atoms with van der Waals surface area (Å²) in [6, 6.07) is 0. The lowest BCUT2D eigenvalue weighted by Crippen LogP contribution is -2.54. The Morgan fingerprint density at radius 3 is 2.52 bits per heavy atom. The number of carbonyl (C=O) groups excluding carboxylic acids is 1. The first-order valence-corrected chi connectivity index (χ1v) is 9.96. The van der Waals surface area contributed by atoms with Crippen molar-refractivity contribution < 1.29 is 9.53 Å². The Labute approximate surface area is 190 Å². The highest BCUT2D eigenvalue weighted by molar-refractivity contribution is 14.0. The number of hydrogen-bond donors (Lipinski definition) is 3. The first kappa shape index (κ1) is 25.4. The molecule has 1 aliphatic rings. The predicted octanol–water partition coefficient (Wildman–Crippen LogP) is 2.59. The van der Waals surface area contributed by atoms with Crippen molar-refractivity contribution in [3.8, 4) is 0 Å². The van der Waals surface area contributed by atoms with Crippen molar-refractivity contribution in [2.45, 2.75) is 84.5 Å². The van der Waals surface area contributed by atoms with Gasteiger partial charge in [0, 0.05) is 26.6 Å². The van der Waals surface area contributed by atoms with Crippen molar-refractivity contribution in [3.63, 3.8) is 0 Å². The third-order valence-electron chi connectivity index (χ3n) is 4.36. The highest BCUT2D eigenvalue weighted by atomic mass is 127. The molecule has 0 atom stereocenters. The van der Waals surface area contributed by atoms with E-state index in [0.717, 1.165) is 31.0 Å². The van der Waals surface area contributed by atoms with Crippen LogP contribution in [0.4, 0.5) is 4.79 Å². The van der Waals surface area contributed by atoms with Gasteiger partial charge in [0.2, 0.25) is 0 Å². The van der Waals surface area contributed by atoms with Crippen LogP contribution in [0.2, 0.25) is 0 Å². The molecular formula is C19H36IN7O2. The van der Waals surface area contributed by atoms with Gasteiger partial charge in [-0.25, -0.2) is 4.79 Å². The van der Waals surface area contributed by atoms with Crippen molar-refractivity contribution in [2.75, 3.05) is 13.6 Å². The van der Waals surface area contributed by atoms with Crippen LogP contribution in [0.25, 0.3) is 0 Å². The van der Waals surface area contributed by atoms with Crippen molar-refractivity contribution in [2.24, 2.45) is 4.99 Å². The van der Waals surface area contributed by atoms with Crippen LogP contribution in [-0.4, -0.2) is 51.5 Å². The van der Waals surface area contributed by atoms with Crippen LogP contribution in [0, 0.1) is 0 Å². The van der Waals surface area contributed by atoms with Gasteiger partial charge in [0.1, 0.15) is 11.4 Å². The molecule has 2 rings (SSSR count). The maximum Gasteiger partial charge on any atom is 0.408 e. The average Bonchev–Trinajstić information content (AvgIpc) is 2.80. The molecule has 29 heavy (non-hydrogen) atoms. The highest BCUT2D eigenvalue weighted by Crippen LogP contribution is 2.14. The third-order valence-corrected chi connectivity index (χ3v) is 4.36. The van der Waals surface area contributed by atoms with E-state index in [1.807, 2.05) is 34.6 Å². The maximum atomic E-state index is 12.0. The molecule has 10 heteroatoms. The highest BCUT2D eigenvalue weighted by Gasteiger charge is 2.25. The van der Waals surface area contributed by atoms with E-state index in [4.69, 9.17) is 4.74 Å². The molecule has 166 valence electrons. The van der Waals surface area contributed by atoms with Gasteiger partial charge < -0.3 is 25.3 Å². The summed E-state index contributed by atoms with van der Waals surface area (Å²) < 4.78 is 7.53. The normalized spacial score (nSPS) is 14.9. The number of aromatic nitrogens is 3. The van der Waals surface area contributed by atoms with Gasteiger partial charge in [-0.3, -0.25) is 4.99 Å². The van der Waals surface area contributed by atoms with Crippen LogP contribution in [0.5, 0.6) is 0 Å². The summed E-state index contributed by atoms with van der Waals surface area (Å²) in [4.78, 5) is 16.3. The van der Waals surface area contributed by atoms with E-state index in [1.54, 1.807) is 7.05 Å². The summed E-state index contributed by atoms with van der Waals surface area (Å²) >= 11 is 0. The number of rotatable bonds is 5. The average molecular weight is 521 g/mol. The molecule has 0 fully saturated rings. The third kappa shape index (κ3) is 8.75. The summed E-state index contributed by atoms with van der Waals surface area (Å²) in [7, 11) is 1.72. The molecule has 0 aromatic carbocycles. The fourth-order valence-electron chi connectivity index (χ4n) is 2.99. The number of carbonyl (C=O) groups is 1. The van der Waals surface area contributed by atoms with Gasteiger partial charge in [-0.15, -0.1) is 34.2 Å². The number of halogens is 1. The number of aliphatic imine (C=N–C) groups is 1. The predicted molar refractivity (Wildman–Crippen MR) is 125 cm³/mol.